The van der Waals surface area contributed by atoms with Crippen LogP contribution < -0.4 is 5.69 Å². The highest BCUT2D eigenvalue weighted by Gasteiger charge is 2.08. The molecule has 9 nitrogen and oxygen atoms in total. The molecule has 9 heteroatoms. The summed E-state index contributed by atoms with van der Waals surface area (Å²) in [5.41, 5.74) is 0.0846. The van der Waals surface area contributed by atoms with Crippen molar-refractivity contribution >= 4 is 11.9 Å². The fourth-order valence-electron chi connectivity index (χ4n) is 1.90. The van der Waals surface area contributed by atoms with Crippen molar-refractivity contribution in [2.45, 2.75) is 0 Å². The molecule has 1 aromatic carbocycles. The topological polar surface area (TPSA) is 127 Å². The molecule has 0 aliphatic rings. The lowest BCUT2D eigenvalue weighted by Crippen LogP contribution is -2.11. The summed E-state index contributed by atoms with van der Waals surface area (Å²) in [4.78, 5) is 23.6. The Hall–Kier alpha value is -3.62. The maximum Gasteiger partial charge on any atom is 0.349 e. The average Bonchev–Trinajstić information content (AvgIpc) is 3.11. The van der Waals surface area contributed by atoms with Crippen LogP contribution >= 0.6 is 0 Å². The Morgan fingerprint density at radius 3 is 2.61 bits per heavy atom. The number of non-ortho nitro benzene ring substituents is 1. The number of hydrogen-bond donors (Lipinski definition) is 2. The maximum absolute atomic E-state index is 11.3. The molecule has 0 aliphatic carbocycles. The molecule has 0 radical (unpaired) electrons. The first-order chi connectivity index (χ1) is 11.0. The molecule has 0 unspecified atom stereocenters. The van der Waals surface area contributed by atoms with E-state index >= 15 is 0 Å². The Morgan fingerprint density at radius 2 is 2.00 bits per heavy atom. The SMILES string of the molecule is O=c1[nH]c(O)cn1N=Cc1ccc(-c2ccc([N+](=O)[O-])cc2)o1. The van der Waals surface area contributed by atoms with Gasteiger partial charge >= 0.3 is 5.69 Å². The first kappa shape index (κ1) is 14.3. The molecule has 23 heavy (non-hydrogen) atoms. The van der Waals surface area contributed by atoms with E-state index in [1.807, 2.05) is 0 Å². The molecule has 0 saturated heterocycles. The van der Waals surface area contributed by atoms with Gasteiger partial charge in [0.2, 0.25) is 5.88 Å². The van der Waals surface area contributed by atoms with Crippen molar-refractivity contribution in [3.8, 4) is 17.2 Å². The van der Waals surface area contributed by atoms with Crippen LogP contribution in [0.25, 0.3) is 11.3 Å². The second-order valence-corrected chi connectivity index (χ2v) is 4.54. The molecule has 3 aromatic rings. The van der Waals surface area contributed by atoms with E-state index in [0.29, 0.717) is 17.1 Å². The van der Waals surface area contributed by atoms with Gasteiger partial charge < -0.3 is 9.52 Å². The molecule has 2 aromatic heterocycles. The number of aromatic nitrogens is 2. The number of furan rings is 1. The minimum atomic E-state index is -0.583. The van der Waals surface area contributed by atoms with Crippen molar-refractivity contribution in [2.75, 3.05) is 0 Å². The van der Waals surface area contributed by atoms with E-state index < -0.39 is 10.6 Å². The number of nitrogens with one attached hydrogen (secondary N) is 1. The average molecular weight is 314 g/mol. The van der Waals surface area contributed by atoms with Crippen LogP contribution in [0.4, 0.5) is 5.69 Å². The zero-order valence-electron chi connectivity index (χ0n) is 11.5. The second kappa shape index (κ2) is 5.64. The molecule has 116 valence electrons. The van der Waals surface area contributed by atoms with E-state index in [4.69, 9.17) is 9.52 Å². The van der Waals surface area contributed by atoms with Gasteiger partial charge in [-0.25, -0.2) is 4.79 Å². The van der Waals surface area contributed by atoms with Crippen molar-refractivity contribution in [1.82, 2.24) is 9.66 Å². The largest absolute Gasteiger partial charge is 0.493 e. The molecule has 3 rings (SSSR count). The first-order valence-electron chi connectivity index (χ1n) is 6.42. The van der Waals surface area contributed by atoms with Gasteiger partial charge in [-0.3, -0.25) is 15.1 Å². The van der Waals surface area contributed by atoms with Crippen LogP contribution in [-0.2, 0) is 0 Å². The number of hydrogen-bond acceptors (Lipinski definition) is 6. The molecule has 0 spiro atoms. The second-order valence-electron chi connectivity index (χ2n) is 4.54. The number of nitrogens with zero attached hydrogens (tertiary/aromatic N) is 3. The Morgan fingerprint density at radius 1 is 1.26 bits per heavy atom. The third-order valence-electron chi connectivity index (χ3n) is 2.99. The van der Waals surface area contributed by atoms with Crippen molar-refractivity contribution in [3.63, 3.8) is 0 Å². The smallest absolute Gasteiger partial charge is 0.349 e. The van der Waals surface area contributed by atoms with Crippen LogP contribution in [0.1, 0.15) is 5.76 Å². The van der Waals surface area contributed by atoms with Gasteiger partial charge in [0, 0.05) is 17.7 Å². The fraction of sp³-hybridized carbons (Fsp3) is 0. The minimum absolute atomic E-state index is 0.00580. The van der Waals surface area contributed by atoms with Gasteiger partial charge in [0.15, 0.2) is 0 Å². The van der Waals surface area contributed by atoms with Crippen molar-refractivity contribution in [1.29, 1.82) is 0 Å². The highest BCUT2D eigenvalue weighted by molar-refractivity contribution is 5.77. The van der Waals surface area contributed by atoms with Crippen molar-refractivity contribution in [3.05, 3.63) is 69.0 Å². The third kappa shape index (κ3) is 3.02. The van der Waals surface area contributed by atoms with E-state index in [2.05, 4.69) is 10.1 Å². The molecular formula is C14H10N4O5. The molecule has 0 bridgehead atoms. The summed E-state index contributed by atoms with van der Waals surface area (Å²) < 4.78 is 6.45. The van der Waals surface area contributed by atoms with E-state index in [1.165, 1.54) is 18.3 Å². The highest BCUT2D eigenvalue weighted by Crippen LogP contribution is 2.24. The molecule has 0 saturated carbocycles. The summed E-state index contributed by atoms with van der Waals surface area (Å²) in [6.45, 7) is 0. The Bertz CT molecular complexity index is 933. The van der Waals surface area contributed by atoms with E-state index in [-0.39, 0.29) is 11.6 Å². The Kier molecular flexibility index (Phi) is 3.51. The summed E-state index contributed by atoms with van der Waals surface area (Å²) in [6, 6.07) is 9.23. The summed E-state index contributed by atoms with van der Waals surface area (Å²) in [7, 11) is 0. The zero-order valence-corrected chi connectivity index (χ0v) is 11.5. The van der Waals surface area contributed by atoms with E-state index in [9.17, 15) is 14.9 Å². The normalized spacial score (nSPS) is 11.1. The summed E-state index contributed by atoms with van der Waals surface area (Å²) in [5, 5.41) is 23.6. The standard InChI is InChI=1S/C14H10N4O5/c19-13-8-17(14(20)16-13)15-7-11-5-6-12(23-11)9-1-3-10(4-2-9)18(21)22/h1-8,19H,(H,16,20). The number of nitro benzene ring substituents is 1. The van der Waals surface area contributed by atoms with Crippen LogP contribution in [-0.4, -0.2) is 25.9 Å². The fourth-order valence-corrected chi connectivity index (χ4v) is 1.90. The Labute approximate surface area is 128 Å². The number of nitro groups is 1. The highest BCUT2D eigenvalue weighted by atomic mass is 16.6. The number of rotatable bonds is 4. The lowest BCUT2D eigenvalue weighted by Gasteiger charge is -1.96. The third-order valence-corrected chi connectivity index (χ3v) is 2.99. The van der Waals surface area contributed by atoms with Crippen LogP contribution in [0.15, 0.2) is 56.9 Å². The molecule has 2 heterocycles. The molecular weight excluding hydrogens is 304 g/mol. The van der Waals surface area contributed by atoms with Gasteiger partial charge in [0.05, 0.1) is 17.3 Å². The van der Waals surface area contributed by atoms with Crippen LogP contribution in [0.3, 0.4) is 0 Å². The minimum Gasteiger partial charge on any atom is -0.493 e. The maximum atomic E-state index is 11.3. The monoisotopic (exact) mass is 314 g/mol. The molecule has 0 fully saturated rings. The Balaban J connectivity index is 1.81. The number of aromatic hydroxyl groups is 1. The van der Waals surface area contributed by atoms with Gasteiger partial charge in [-0.15, -0.1) is 0 Å². The van der Waals surface area contributed by atoms with Gasteiger partial charge in [-0.05, 0) is 24.3 Å². The van der Waals surface area contributed by atoms with Crippen molar-refractivity contribution in [2.24, 2.45) is 5.10 Å². The summed E-state index contributed by atoms with van der Waals surface area (Å²) in [5.74, 6) is 0.592. The summed E-state index contributed by atoms with van der Waals surface area (Å²) >= 11 is 0. The number of imidazole rings is 1. The number of H-pyrrole nitrogens is 1. The summed E-state index contributed by atoms with van der Waals surface area (Å²) in [6.07, 6.45) is 2.43. The van der Waals surface area contributed by atoms with Crippen LogP contribution in [0, 0.1) is 10.1 Å². The van der Waals surface area contributed by atoms with Gasteiger partial charge in [0.25, 0.3) is 5.69 Å². The predicted molar refractivity (Wildman–Crippen MR) is 80.5 cm³/mol. The zero-order chi connectivity index (χ0) is 16.4. The van der Waals surface area contributed by atoms with E-state index in [0.717, 1.165) is 10.9 Å². The first-order valence-corrected chi connectivity index (χ1v) is 6.42. The quantitative estimate of drug-likeness (QED) is 0.432. The van der Waals surface area contributed by atoms with Gasteiger partial charge in [-0.1, -0.05) is 0 Å². The van der Waals surface area contributed by atoms with Crippen LogP contribution in [0.2, 0.25) is 0 Å². The number of aromatic amines is 1. The molecule has 0 aliphatic heterocycles. The lowest BCUT2D eigenvalue weighted by molar-refractivity contribution is -0.384. The van der Waals surface area contributed by atoms with Gasteiger partial charge in [0.1, 0.15) is 11.5 Å². The molecule has 2 N–H and O–H groups in total. The van der Waals surface area contributed by atoms with E-state index in [1.54, 1.807) is 24.3 Å². The van der Waals surface area contributed by atoms with Crippen molar-refractivity contribution < 1.29 is 14.4 Å². The lowest BCUT2D eigenvalue weighted by atomic mass is 10.1. The molecule has 0 amide bonds. The molecule has 0 atom stereocenters. The predicted octanol–water partition coefficient (Wildman–Crippen LogP) is 1.93. The van der Waals surface area contributed by atoms with Gasteiger partial charge in [-0.2, -0.15) is 9.78 Å². The number of benzene rings is 1. The van der Waals surface area contributed by atoms with Crippen LogP contribution in [0.5, 0.6) is 5.88 Å².